The number of benzene rings is 1. The number of nitrogens with zero attached hydrogens (tertiary/aromatic N) is 1. The van der Waals surface area contributed by atoms with Gasteiger partial charge in [-0.3, -0.25) is 0 Å². The third kappa shape index (κ3) is 1.85. The van der Waals surface area contributed by atoms with E-state index in [9.17, 15) is 0 Å². The summed E-state index contributed by atoms with van der Waals surface area (Å²) in [5, 5.41) is 0. The topological polar surface area (TPSA) is 61.3 Å². The molecule has 1 aromatic carbocycles. The molecule has 1 aromatic heterocycles. The van der Waals surface area contributed by atoms with E-state index in [1.54, 1.807) is 6.20 Å². The lowest BCUT2D eigenvalue weighted by Crippen LogP contribution is -2.04. The van der Waals surface area contributed by atoms with Crippen LogP contribution in [-0.2, 0) is 18.0 Å². The van der Waals surface area contributed by atoms with Crippen LogP contribution < -0.4 is 5.73 Å². The third-order valence-corrected chi connectivity index (χ3v) is 2.92. The highest BCUT2D eigenvalue weighted by Gasteiger charge is 2.14. The summed E-state index contributed by atoms with van der Waals surface area (Å²) in [5.74, 6) is 1.32. The van der Waals surface area contributed by atoms with Gasteiger partial charge in [-0.25, -0.2) is 4.98 Å². The van der Waals surface area contributed by atoms with Gasteiger partial charge in [-0.1, -0.05) is 12.1 Å². The summed E-state index contributed by atoms with van der Waals surface area (Å²) < 4.78 is 11.0. The molecule has 4 nitrogen and oxygen atoms in total. The summed E-state index contributed by atoms with van der Waals surface area (Å²) in [5.41, 5.74) is 9.21. The van der Waals surface area contributed by atoms with E-state index in [0.717, 1.165) is 11.3 Å². The summed E-state index contributed by atoms with van der Waals surface area (Å²) in [6.07, 6.45) is 1.72. The van der Waals surface area contributed by atoms with E-state index < -0.39 is 0 Å². The molecule has 3 rings (SSSR count). The molecular weight excluding hydrogens is 216 g/mol. The number of aromatic nitrogens is 1. The highest BCUT2D eigenvalue weighted by Crippen LogP contribution is 2.28. The van der Waals surface area contributed by atoms with Crippen LogP contribution in [0.1, 0.15) is 30.0 Å². The van der Waals surface area contributed by atoms with Crippen molar-refractivity contribution in [3.05, 3.63) is 41.4 Å². The van der Waals surface area contributed by atoms with Gasteiger partial charge in [-0.05, 0) is 24.1 Å². The van der Waals surface area contributed by atoms with E-state index in [2.05, 4.69) is 17.1 Å². The van der Waals surface area contributed by atoms with E-state index in [4.69, 9.17) is 14.9 Å². The normalized spacial score (nSPS) is 15.9. The van der Waals surface area contributed by atoms with Gasteiger partial charge in [0.1, 0.15) is 0 Å². The average Bonchev–Trinajstić information content (AvgIpc) is 2.97. The number of oxazole rings is 1. The molecule has 0 radical (unpaired) electrons. The molecule has 2 N–H and O–H groups in total. The minimum absolute atomic E-state index is 0.179. The third-order valence-electron chi connectivity index (χ3n) is 2.92. The van der Waals surface area contributed by atoms with Crippen LogP contribution in [0, 0.1) is 0 Å². The maximum absolute atomic E-state index is 5.72. The molecule has 2 aromatic rings. The average molecular weight is 230 g/mol. The van der Waals surface area contributed by atoms with Crippen molar-refractivity contribution in [1.29, 1.82) is 0 Å². The molecule has 1 unspecified atom stereocenters. The number of fused-ring (bicyclic) bond motifs is 1. The predicted octanol–water partition coefficient (Wildman–Crippen LogP) is 2.39. The van der Waals surface area contributed by atoms with E-state index in [1.165, 1.54) is 11.1 Å². The Bertz CT molecular complexity index is 546. The van der Waals surface area contributed by atoms with Gasteiger partial charge in [0.2, 0.25) is 5.89 Å². The standard InChI is InChI=1S/C13H14N2O2/c1-8(14)13-15-5-12(17-13)9-2-3-10-6-16-7-11(10)4-9/h2-5,8H,6-7,14H2,1H3. The van der Waals surface area contributed by atoms with Gasteiger partial charge in [0.25, 0.3) is 0 Å². The lowest BCUT2D eigenvalue weighted by molar-refractivity contribution is 0.134. The summed E-state index contributed by atoms with van der Waals surface area (Å²) in [6.45, 7) is 3.24. The van der Waals surface area contributed by atoms with Gasteiger partial charge in [-0.2, -0.15) is 0 Å². The summed E-state index contributed by atoms with van der Waals surface area (Å²) in [6, 6.07) is 6.01. The Kier molecular flexibility index (Phi) is 2.46. The molecule has 0 bridgehead atoms. The van der Waals surface area contributed by atoms with E-state index in [1.807, 2.05) is 13.0 Å². The molecule has 0 spiro atoms. The molecule has 0 amide bonds. The Balaban J connectivity index is 1.97. The second-order valence-corrected chi connectivity index (χ2v) is 4.33. The first-order valence-corrected chi connectivity index (χ1v) is 5.65. The zero-order valence-corrected chi connectivity index (χ0v) is 9.64. The molecule has 0 aliphatic carbocycles. The fraction of sp³-hybridized carbons (Fsp3) is 0.308. The maximum Gasteiger partial charge on any atom is 0.211 e. The molecule has 4 heteroatoms. The van der Waals surface area contributed by atoms with Gasteiger partial charge >= 0.3 is 0 Å². The van der Waals surface area contributed by atoms with Crippen LogP contribution in [0.15, 0.2) is 28.8 Å². The molecule has 1 atom stereocenters. The molecule has 0 saturated heterocycles. The van der Waals surface area contributed by atoms with Crippen molar-refractivity contribution in [2.45, 2.75) is 26.2 Å². The van der Waals surface area contributed by atoms with Crippen LogP contribution in [-0.4, -0.2) is 4.98 Å². The van der Waals surface area contributed by atoms with E-state index in [0.29, 0.717) is 19.1 Å². The van der Waals surface area contributed by atoms with Crippen molar-refractivity contribution in [2.24, 2.45) is 5.73 Å². The van der Waals surface area contributed by atoms with Gasteiger partial charge < -0.3 is 14.9 Å². The van der Waals surface area contributed by atoms with Gasteiger partial charge in [0, 0.05) is 5.56 Å². The number of ether oxygens (including phenoxy) is 1. The van der Waals surface area contributed by atoms with Crippen molar-refractivity contribution in [3.63, 3.8) is 0 Å². The largest absolute Gasteiger partial charge is 0.439 e. The summed E-state index contributed by atoms with van der Waals surface area (Å²) in [4.78, 5) is 4.16. The molecule has 2 heterocycles. The molecule has 1 aliphatic heterocycles. The van der Waals surface area contributed by atoms with Gasteiger partial charge in [0.15, 0.2) is 5.76 Å². The Labute approximate surface area is 99.4 Å². The zero-order valence-electron chi connectivity index (χ0n) is 9.64. The van der Waals surface area contributed by atoms with Crippen molar-refractivity contribution >= 4 is 0 Å². The predicted molar refractivity (Wildman–Crippen MR) is 63.0 cm³/mol. The first kappa shape index (κ1) is 10.5. The Morgan fingerprint density at radius 2 is 2.12 bits per heavy atom. The van der Waals surface area contributed by atoms with Crippen LogP contribution in [0.5, 0.6) is 0 Å². The maximum atomic E-state index is 5.72. The monoisotopic (exact) mass is 230 g/mol. The van der Waals surface area contributed by atoms with E-state index in [-0.39, 0.29) is 6.04 Å². The Morgan fingerprint density at radius 1 is 1.29 bits per heavy atom. The molecule has 17 heavy (non-hydrogen) atoms. The van der Waals surface area contributed by atoms with E-state index >= 15 is 0 Å². The second-order valence-electron chi connectivity index (χ2n) is 4.33. The number of nitrogens with two attached hydrogens (primary N) is 1. The summed E-state index contributed by atoms with van der Waals surface area (Å²) in [7, 11) is 0. The molecule has 0 saturated carbocycles. The van der Waals surface area contributed by atoms with Crippen LogP contribution in [0.2, 0.25) is 0 Å². The van der Waals surface area contributed by atoms with Gasteiger partial charge in [0.05, 0.1) is 25.5 Å². The fourth-order valence-electron chi connectivity index (χ4n) is 1.96. The first-order chi connectivity index (χ1) is 8.24. The van der Waals surface area contributed by atoms with Crippen LogP contribution in [0.3, 0.4) is 0 Å². The Morgan fingerprint density at radius 3 is 2.88 bits per heavy atom. The lowest BCUT2D eigenvalue weighted by atomic mass is 10.1. The highest BCUT2D eigenvalue weighted by atomic mass is 16.5. The van der Waals surface area contributed by atoms with Crippen molar-refractivity contribution < 1.29 is 9.15 Å². The second kappa shape index (κ2) is 3.98. The van der Waals surface area contributed by atoms with Crippen LogP contribution in [0.25, 0.3) is 11.3 Å². The quantitative estimate of drug-likeness (QED) is 0.860. The fourth-order valence-corrected chi connectivity index (χ4v) is 1.96. The number of rotatable bonds is 2. The minimum Gasteiger partial charge on any atom is -0.439 e. The van der Waals surface area contributed by atoms with Crippen molar-refractivity contribution in [2.75, 3.05) is 0 Å². The highest BCUT2D eigenvalue weighted by molar-refractivity contribution is 5.59. The first-order valence-electron chi connectivity index (χ1n) is 5.65. The number of hydrogen-bond donors (Lipinski definition) is 1. The molecular formula is C13H14N2O2. The van der Waals surface area contributed by atoms with Crippen LogP contribution in [0.4, 0.5) is 0 Å². The molecule has 0 fully saturated rings. The Hall–Kier alpha value is -1.65. The van der Waals surface area contributed by atoms with Crippen molar-refractivity contribution in [3.8, 4) is 11.3 Å². The summed E-state index contributed by atoms with van der Waals surface area (Å²) >= 11 is 0. The minimum atomic E-state index is -0.179. The van der Waals surface area contributed by atoms with Crippen LogP contribution >= 0.6 is 0 Å². The number of hydrogen-bond acceptors (Lipinski definition) is 4. The SMILES string of the molecule is CC(N)c1ncc(-c2ccc3c(c2)COC3)o1. The molecule has 1 aliphatic rings. The molecule has 88 valence electrons. The zero-order chi connectivity index (χ0) is 11.8. The smallest absolute Gasteiger partial charge is 0.211 e. The van der Waals surface area contributed by atoms with Crippen molar-refractivity contribution in [1.82, 2.24) is 4.98 Å². The lowest BCUT2D eigenvalue weighted by Gasteiger charge is -2.01. The van der Waals surface area contributed by atoms with Gasteiger partial charge in [-0.15, -0.1) is 0 Å².